The van der Waals surface area contributed by atoms with E-state index in [9.17, 15) is 19.7 Å². The summed E-state index contributed by atoms with van der Waals surface area (Å²) in [6.07, 6.45) is 1.48. The standard InChI is InChI=1S/C19H18N4O4/c1-12-5-3-6-14-18(12)20-11-22(19(14)25)10-9-17(24)21-15-7-4-8-16(13(15)2)23(26)27/h3-8,11H,9-10H2,1-2H3,(H,21,24). The van der Waals surface area contributed by atoms with Gasteiger partial charge in [0.05, 0.1) is 33.4 Å². The van der Waals surface area contributed by atoms with E-state index in [4.69, 9.17) is 0 Å². The van der Waals surface area contributed by atoms with Crippen LogP contribution in [0.5, 0.6) is 0 Å². The van der Waals surface area contributed by atoms with Gasteiger partial charge in [0.25, 0.3) is 11.2 Å². The predicted octanol–water partition coefficient (Wildman–Crippen LogP) is 2.95. The third-order valence-corrected chi connectivity index (χ3v) is 4.41. The van der Waals surface area contributed by atoms with E-state index in [0.29, 0.717) is 22.2 Å². The first kappa shape index (κ1) is 18.2. The van der Waals surface area contributed by atoms with Crippen LogP contribution in [0.4, 0.5) is 11.4 Å². The van der Waals surface area contributed by atoms with Gasteiger partial charge < -0.3 is 5.32 Å². The van der Waals surface area contributed by atoms with Crippen molar-refractivity contribution in [3.63, 3.8) is 0 Å². The van der Waals surface area contributed by atoms with E-state index in [1.54, 1.807) is 25.1 Å². The smallest absolute Gasteiger partial charge is 0.274 e. The van der Waals surface area contributed by atoms with Crippen molar-refractivity contribution in [1.29, 1.82) is 0 Å². The van der Waals surface area contributed by atoms with E-state index in [0.717, 1.165) is 5.56 Å². The second-order valence-corrected chi connectivity index (χ2v) is 6.22. The summed E-state index contributed by atoms with van der Waals surface area (Å²) in [6.45, 7) is 3.62. The molecule has 3 rings (SSSR count). The van der Waals surface area contributed by atoms with Gasteiger partial charge in [0, 0.05) is 19.0 Å². The first-order valence-corrected chi connectivity index (χ1v) is 8.37. The zero-order valence-corrected chi connectivity index (χ0v) is 14.9. The quantitative estimate of drug-likeness (QED) is 0.552. The zero-order chi connectivity index (χ0) is 19.6. The summed E-state index contributed by atoms with van der Waals surface area (Å²) >= 11 is 0. The molecule has 0 atom stereocenters. The minimum absolute atomic E-state index is 0.0427. The lowest BCUT2D eigenvalue weighted by molar-refractivity contribution is -0.385. The van der Waals surface area contributed by atoms with E-state index in [2.05, 4.69) is 10.3 Å². The number of nitrogens with zero attached hydrogens (tertiary/aromatic N) is 3. The summed E-state index contributed by atoms with van der Waals surface area (Å²) in [5, 5.41) is 14.2. The lowest BCUT2D eigenvalue weighted by atomic mass is 10.1. The second-order valence-electron chi connectivity index (χ2n) is 6.22. The largest absolute Gasteiger partial charge is 0.326 e. The van der Waals surface area contributed by atoms with Gasteiger partial charge >= 0.3 is 0 Å². The first-order chi connectivity index (χ1) is 12.9. The summed E-state index contributed by atoms with van der Waals surface area (Å²) in [5.74, 6) is -0.338. The highest BCUT2D eigenvalue weighted by molar-refractivity contribution is 5.92. The number of nitro benzene ring substituents is 1. The van der Waals surface area contributed by atoms with E-state index >= 15 is 0 Å². The van der Waals surface area contributed by atoms with Crippen LogP contribution in [0.15, 0.2) is 47.5 Å². The van der Waals surface area contributed by atoms with E-state index in [-0.39, 0.29) is 30.1 Å². The topological polar surface area (TPSA) is 107 Å². The van der Waals surface area contributed by atoms with Crippen LogP contribution in [0.25, 0.3) is 10.9 Å². The minimum atomic E-state index is -0.493. The lowest BCUT2D eigenvalue weighted by Crippen LogP contribution is -2.24. The van der Waals surface area contributed by atoms with Crippen LogP contribution in [-0.4, -0.2) is 20.4 Å². The molecule has 138 valence electrons. The SMILES string of the molecule is Cc1c(NC(=O)CCn2cnc3c(C)cccc3c2=O)cccc1[N+](=O)[O-]. The normalized spacial score (nSPS) is 10.7. The Morgan fingerprint density at radius 3 is 2.70 bits per heavy atom. The number of nitro groups is 1. The number of benzene rings is 2. The van der Waals surface area contributed by atoms with E-state index < -0.39 is 4.92 Å². The summed E-state index contributed by atoms with van der Waals surface area (Å²) in [6, 6.07) is 9.89. The van der Waals surface area contributed by atoms with Crippen LogP contribution in [0.2, 0.25) is 0 Å². The number of carbonyl (C=O) groups excluding carboxylic acids is 1. The van der Waals surface area contributed by atoms with Crippen molar-refractivity contribution in [3.8, 4) is 0 Å². The molecule has 0 aliphatic rings. The van der Waals surface area contributed by atoms with Crippen LogP contribution >= 0.6 is 0 Å². The molecule has 2 aromatic carbocycles. The van der Waals surface area contributed by atoms with Gasteiger partial charge in [-0.3, -0.25) is 24.3 Å². The summed E-state index contributed by atoms with van der Waals surface area (Å²) in [5.41, 5.74) is 2.07. The van der Waals surface area contributed by atoms with Crippen molar-refractivity contribution in [2.45, 2.75) is 26.8 Å². The van der Waals surface area contributed by atoms with E-state index in [1.165, 1.54) is 23.0 Å². The molecule has 1 heterocycles. The number of rotatable bonds is 5. The van der Waals surface area contributed by atoms with Gasteiger partial charge in [0.15, 0.2) is 0 Å². The Hall–Kier alpha value is -3.55. The number of hydrogen-bond donors (Lipinski definition) is 1. The Kier molecular flexibility index (Phi) is 4.98. The summed E-state index contributed by atoms with van der Waals surface area (Å²) in [4.78, 5) is 39.6. The number of carbonyl (C=O) groups is 1. The molecular formula is C19H18N4O4. The number of para-hydroxylation sites is 1. The third-order valence-electron chi connectivity index (χ3n) is 4.41. The Labute approximate surface area is 154 Å². The van der Waals surface area contributed by atoms with E-state index in [1.807, 2.05) is 13.0 Å². The maximum absolute atomic E-state index is 12.5. The number of amides is 1. The first-order valence-electron chi connectivity index (χ1n) is 8.37. The average molecular weight is 366 g/mol. The highest BCUT2D eigenvalue weighted by Crippen LogP contribution is 2.25. The van der Waals surface area contributed by atoms with Crippen molar-refractivity contribution in [3.05, 3.63) is 74.3 Å². The highest BCUT2D eigenvalue weighted by atomic mass is 16.6. The Morgan fingerprint density at radius 1 is 1.22 bits per heavy atom. The monoisotopic (exact) mass is 366 g/mol. The number of fused-ring (bicyclic) bond motifs is 1. The zero-order valence-electron chi connectivity index (χ0n) is 14.9. The van der Waals surface area contributed by atoms with Gasteiger partial charge in [-0.25, -0.2) is 4.98 Å². The molecule has 8 nitrogen and oxygen atoms in total. The fourth-order valence-electron chi connectivity index (χ4n) is 2.89. The lowest BCUT2D eigenvalue weighted by Gasteiger charge is -2.10. The minimum Gasteiger partial charge on any atom is -0.326 e. The van der Waals surface area contributed by atoms with Crippen LogP contribution in [0, 0.1) is 24.0 Å². The van der Waals surface area contributed by atoms with Gasteiger partial charge in [-0.2, -0.15) is 0 Å². The number of nitrogens with one attached hydrogen (secondary N) is 1. The molecular weight excluding hydrogens is 348 g/mol. The number of hydrogen-bond acceptors (Lipinski definition) is 5. The average Bonchev–Trinajstić information content (AvgIpc) is 2.63. The molecule has 0 fully saturated rings. The Bertz CT molecular complexity index is 1100. The maximum atomic E-state index is 12.5. The predicted molar refractivity (Wildman–Crippen MR) is 102 cm³/mol. The molecule has 0 aliphatic carbocycles. The number of anilines is 1. The molecule has 0 radical (unpaired) electrons. The highest BCUT2D eigenvalue weighted by Gasteiger charge is 2.15. The van der Waals surface area contributed by atoms with Crippen molar-refractivity contribution in [2.24, 2.45) is 0 Å². The molecule has 3 aromatic rings. The molecule has 1 aromatic heterocycles. The second kappa shape index (κ2) is 7.36. The molecule has 0 unspecified atom stereocenters. The molecule has 27 heavy (non-hydrogen) atoms. The van der Waals surface area contributed by atoms with Crippen molar-refractivity contribution in [2.75, 3.05) is 5.32 Å². The van der Waals surface area contributed by atoms with Crippen molar-refractivity contribution in [1.82, 2.24) is 9.55 Å². The maximum Gasteiger partial charge on any atom is 0.274 e. The van der Waals surface area contributed by atoms with Crippen LogP contribution in [-0.2, 0) is 11.3 Å². The van der Waals surface area contributed by atoms with Crippen LogP contribution in [0.1, 0.15) is 17.5 Å². The van der Waals surface area contributed by atoms with Crippen LogP contribution in [0.3, 0.4) is 0 Å². The molecule has 0 saturated carbocycles. The summed E-state index contributed by atoms with van der Waals surface area (Å²) in [7, 11) is 0. The van der Waals surface area contributed by atoms with Crippen LogP contribution < -0.4 is 10.9 Å². The molecule has 0 saturated heterocycles. The Morgan fingerprint density at radius 2 is 1.96 bits per heavy atom. The molecule has 0 aliphatic heterocycles. The molecule has 1 amide bonds. The van der Waals surface area contributed by atoms with Gasteiger partial charge in [-0.15, -0.1) is 0 Å². The van der Waals surface area contributed by atoms with Gasteiger partial charge in [-0.1, -0.05) is 18.2 Å². The number of aryl methyl sites for hydroxylation is 2. The fraction of sp³-hybridized carbons (Fsp3) is 0.211. The molecule has 8 heteroatoms. The Balaban J connectivity index is 1.74. The van der Waals surface area contributed by atoms with Gasteiger partial charge in [0.1, 0.15) is 0 Å². The van der Waals surface area contributed by atoms with Crippen molar-refractivity contribution >= 4 is 28.2 Å². The van der Waals surface area contributed by atoms with Gasteiger partial charge in [-0.05, 0) is 31.5 Å². The van der Waals surface area contributed by atoms with Crippen molar-refractivity contribution < 1.29 is 9.72 Å². The number of aromatic nitrogens is 2. The summed E-state index contributed by atoms with van der Waals surface area (Å²) < 4.78 is 1.39. The fourth-order valence-corrected chi connectivity index (χ4v) is 2.89. The molecule has 0 spiro atoms. The molecule has 1 N–H and O–H groups in total. The van der Waals surface area contributed by atoms with Gasteiger partial charge in [0.2, 0.25) is 5.91 Å². The molecule has 0 bridgehead atoms. The third kappa shape index (κ3) is 3.69.